The normalized spacial score (nSPS) is 7.76. The highest BCUT2D eigenvalue weighted by atomic mass is 16.4. The number of unbranched alkanes of at least 4 members (excludes halogenated alkanes) is 3. The van der Waals surface area contributed by atoms with Crippen molar-refractivity contribution in [2.75, 3.05) is 13.1 Å². The van der Waals surface area contributed by atoms with Gasteiger partial charge in [0.25, 0.3) is 0 Å². The quantitative estimate of drug-likeness (QED) is 0.301. The number of hydrogen-bond donors (Lipinski definition) is 1. The van der Waals surface area contributed by atoms with E-state index in [1.807, 2.05) is 0 Å². The molecule has 0 saturated carbocycles. The Hall–Kier alpha value is -2.03. The molecule has 17 heavy (non-hydrogen) atoms. The van der Waals surface area contributed by atoms with Crippen LogP contribution in [0.25, 0.3) is 0 Å². The highest BCUT2D eigenvalue weighted by molar-refractivity contribution is 5.78. The predicted molar refractivity (Wildman–Crippen MR) is 62.3 cm³/mol. The summed E-state index contributed by atoms with van der Waals surface area (Å²) < 4.78 is 0. The number of carbonyl (C=O) groups excluding carboxylic acids is 2. The van der Waals surface area contributed by atoms with Crippen LogP contribution in [0.5, 0.6) is 0 Å². The molecule has 0 aliphatic carbocycles. The third-order valence-corrected chi connectivity index (χ3v) is 1.59. The van der Waals surface area contributed by atoms with Crippen molar-refractivity contribution in [3.63, 3.8) is 0 Å². The molecule has 0 radical (unpaired) electrons. The summed E-state index contributed by atoms with van der Waals surface area (Å²) >= 11 is 0. The van der Waals surface area contributed by atoms with Gasteiger partial charge in [-0.15, -0.1) is 0 Å². The second-order valence-electron chi connectivity index (χ2n) is 2.90. The molecule has 0 saturated heterocycles. The van der Waals surface area contributed by atoms with Crippen molar-refractivity contribution in [2.45, 2.75) is 25.7 Å². The van der Waals surface area contributed by atoms with Gasteiger partial charge in [0, 0.05) is 6.08 Å². The lowest BCUT2D eigenvalue weighted by Crippen LogP contribution is -1.84. The first kappa shape index (κ1) is 17.4. The first-order chi connectivity index (χ1) is 8.18. The van der Waals surface area contributed by atoms with Crippen LogP contribution >= 0.6 is 0 Å². The average Bonchev–Trinajstić information content (AvgIpc) is 2.33. The molecule has 0 fully saturated rings. The van der Waals surface area contributed by atoms with Crippen LogP contribution in [0.4, 0.5) is 0 Å². The van der Waals surface area contributed by atoms with Crippen LogP contribution < -0.4 is 0 Å². The predicted octanol–water partition coefficient (Wildman–Crippen LogP) is 1.48. The number of aliphatic carboxylic acids is 1. The minimum Gasteiger partial charge on any atom is -0.478 e. The lowest BCUT2D eigenvalue weighted by molar-refractivity contribution is -0.131. The molecule has 0 heterocycles. The van der Waals surface area contributed by atoms with E-state index >= 15 is 0 Å². The zero-order valence-electron chi connectivity index (χ0n) is 9.59. The van der Waals surface area contributed by atoms with Crippen LogP contribution in [0.2, 0.25) is 0 Å². The molecule has 0 aromatic heterocycles. The van der Waals surface area contributed by atoms with Crippen LogP contribution in [0, 0.1) is 0 Å². The standard InChI is InChI=1S/C8H12N2O2.C3H4O2/c11-7-9-5-3-1-2-4-6-10-8-12;1-2-3(4)5/h1-6H2;2H,1H2,(H,4,5). The topological polar surface area (TPSA) is 96.2 Å². The molecule has 6 heteroatoms. The molecule has 1 N–H and O–H groups in total. The molecular weight excluding hydrogens is 224 g/mol. The van der Waals surface area contributed by atoms with E-state index in [-0.39, 0.29) is 0 Å². The zero-order valence-corrected chi connectivity index (χ0v) is 9.59. The second kappa shape index (κ2) is 16.4. The Morgan fingerprint density at radius 3 is 1.65 bits per heavy atom. The van der Waals surface area contributed by atoms with Crippen LogP contribution in [0.15, 0.2) is 22.6 Å². The van der Waals surface area contributed by atoms with E-state index in [2.05, 4.69) is 16.6 Å². The van der Waals surface area contributed by atoms with E-state index in [0.29, 0.717) is 13.1 Å². The third kappa shape index (κ3) is 24.9. The van der Waals surface area contributed by atoms with Crippen LogP contribution in [0.1, 0.15) is 25.7 Å². The maximum absolute atomic E-state index is 9.63. The Bertz CT molecular complexity index is 281. The second-order valence-corrected chi connectivity index (χ2v) is 2.90. The molecule has 94 valence electrons. The number of hydrogen-bond acceptors (Lipinski definition) is 5. The Morgan fingerprint density at radius 2 is 1.41 bits per heavy atom. The number of aliphatic imine (C=N–C) groups is 2. The van der Waals surface area contributed by atoms with Crippen molar-refractivity contribution in [1.82, 2.24) is 0 Å². The average molecular weight is 240 g/mol. The van der Waals surface area contributed by atoms with Gasteiger partial charge in [0.1, 0.15) is 0 Å². The summed E-state index contributed by atoms with van der Waals surface area (Å²) in [5, 5.41) is 7.60. The van der Waals surface area contributed by atoms with Gasteiger partial charge in [0.05, 0.1) is 13.1 Å². The number of rotatable bonds is 8. The molecule has 0 bridgehead atoms. The summed E-state index contributed by atoms with van der Waals surface area (Å²) in [6, 6.07) is 0. The first-order valence-corrected chi connectivity index (χ1v) is 5.11. The molecule has 0 aromatic carbocycles. The zero-order chi connectivity index (χ0) is 13.4. The van der Waals surface area contributed by atoms with Crippen LogP contribution in [-0.2, 0) is 14.4 Å². The fraction of sp³-hybridized carbons (Fsp3) is 0.545. The molecular formula is C11H16N2O4. The van der Waals surface area contributed by atoms with E-state index in [9.17, 15) is 14.4 Å². The number of carbonyl (C=O) groups is 1. The summed E-state index contributed by atoms with van der Waals surface area (Å²) in [7, 11) is 0. The van der Waals surface area contributed by atoms with E-state index in [4.69, 9.17) is 5.11 Å². The Kier molecular flexibility index (Phi) is 16.8. The number of carboxylic acid groups (broad SMARTS) is 1. The Labute approximate surface area is 99.8 Å². The summed E-state index contributed by atoms with van der Waals surface area (Å²) in [4.78, 5) is 35.3. The van der Waals surface area contributed by atoms with Gasteiger partial charge in [-0.3, -0.25) is 0 Å². The van der Waals surface area contributed by atoms with Crippen molar-refractivity contribution in [3.8, 4) is 0 Å². The highest BCUT2D eigenvalue weighted by Gasteiger charge is 1.87. The minimum atomic E-state index is -0.981. The van der Waals surface area contributed by atoms with Gasteiger partial charge in [0.2, 0.25) is 12.2 Å². The molecule has 6 nitrogen and oxygen atoms in total. The smallest absolute Gasteiger partial charge is 0.327 e. The van der Waals surface area contributed by atoms with Crippen LogP contribution in [-0.4, -0.2) is 36.3 Å². The largest absolute Gasteiger partial charge is 0.478 e. The summed E-state index contributed by atoms with van der Waals surface area (Å²) in [6.07, 6.45) is 7.63. The van der Waals surface area contributed by atoms with Crippen molar-refractivity contribution < 1.29 is 19.5 Å². The molecule has 0 rings (SSSR count). The van der Waals surface area contributed by atoms with Crippen molar-refractivity contribution in [1.29, 1.82) is 0 Å². The lowest BCUT2D eigenvalue weighted by atomic mass is 10.2. The molecule has 0 atom stereocenters. The number of carboxylic acids is 1. The van der Waals surface area contributed by atoms with Gasteiger partial charge >= 0.3 is 5.97 Å². The van der Waals surface area contributed by atoms with Crippen molar-refractivity contribution in [3.05, 3.63) is 12.7 Å². The SMILES string of the molecule is C=CC(=O)O.O=C=NCCCCCCN=C=O. The Morgan fingerprint density at radius 1 is 1.06 bits per heavy atom. The van der Waals surface area contributed by atoms with Crippen molar-refractivity contribution in [2.24, 2.45) is 9.98 Å². The van der Waals surface area contributed by atoms with Gasteiger partial charge in [-0.25, -0.2) is 24.4 Å². The third-order valence-electron chi connectivity index (χ3n) is 1.59. The summed E-state index contributed by atoms with van der Waals surface area (Å²) in [6.45, 7) is 4.07. The maximum atomic E-state index is 9.63. The summed E-state index contributed by atoms with van der Waals surface area (Å²) in [5.41, 5.74) is 0. The van der Waals surface area contributed by atoms with Crippen molar-refractivity contribution >= 4 is 18.1 Å². The molecule has 0 aliphatic rings. The van der Waals surface area contributed by atoms with Gasteiger partial charge in [-0.1, -0.05) is 19.4 Å². The van der Waals surface area contributed by atoms with E-state index in [1.165, 1.54) is 12.2 Å². The maximum Gasteiger partial charge on any atom is 0.327 e. The van der Waals surface area contributed by atoms with Gasteiger partial charge < -0.3 is 5.11 Å². The molecule has 0 unspecified atom stereocenters. The highest BCUT2D eigenvalue weighted by Crippen LogP contribution is 1.99. The first-order valence-electron chi connectivity index (χ1n) is 5.11. The lowest BCUT2D eigenvalue weighted by Gasteiger charge is -1.93. The van der Waals surface area contributed by atoms with Gasteiger partial charge in [-0.05, 0) is 12.8 Å². The van der Waals surface area contributed by atoms with Crippen LogP contribution in [0.3, 0.4) is 0 Å². The Balaban J connectivity index is 0. The monoisotopic (exact) mass is 240 g/mol. The minimum absolute atomic E-state index is 0.556. The van der Waals surface area contributed by atoms with E-state index < -0.39 is 5.97 Å². The molecule has 0 aliphatic heterocycles. The van der Waals surface area contributed by atoms with E-state index in [0.717, 1.165) is 31.8 Å². The molecule has 0 aromatic rings. The summed E-state index contributed by atoms with van der Waals surface area (Å²) in [5.74, 6) is -0.981. The fourth-order valence-corrected chi connectivity index (χ4v) is 0.827. The van der Waals surface area contributed by atoms with E-state index in [1.54, 1.807) is 0 Å². The van der Waals surface area contributed by atoms with Gasteiger partial charge in [-0.2, -0.15) is 0 Å². The number of nitrogens with zero attached hydrogens (tertiary/aromatic N) is 2. The van der Waals surface area contributed by atoms with Gasteiger partial charge in [0.15, 0.2) is 0 Å². The molecule has 0 spiro atoms. The fourth-order valence-electron chi connectivity index (χ4n) is 0.827. The number of isocyanates is 2. The molecule has 0 amide bonds.